The summed E-state index contributed by atoms with van der Waals surface area (Å²) in [6.45, 7) is 2.86. The summed E-state index contributed by atoms with van der Waals surface area (Å²) in [6, 6.07) is 6.82. The van der Waals surface area contributed by atoms with Gasteiger partial charge in [0.25, 0.3) is 5.91 Å². The number of carbonyl (C=O) groups is 2. The summed E-state index contributed by atoms with van der Waals surface area (Å²) < 4.78 is 0. The van der Waals surface area contributed by atoms with Gasteiger partial charge in [-0.15, -0.1) is 0 Å². The summed E-state index contributed by atoms with van der Waals surface area (Å²) in [5, 5.41) is 5.25. The highest BCUT2D eigenvalue weighted by Gasteiger charge is 2.07. The summed E-state index contributed by atoms with van der Waals surface area (Å²) in [4.78, 5) is 23.2. The quantitative estimate of drug-likeness (QED) is 0.672. The lowest BCUT2D eigenvalue weighted by Gasteiger charge is -2.06. The fourth-order valence-corrected chi connectivity index (χ4v) is 1.45. The Morgan fingerprint density at radius 3 is 2.50 bits per heavy atom. The zero-order chi connectivity index (χ0) is 14.8. The zero-order valence-corrected chi connectivity index (χ0v) is 11.5. The molecule has 5 nitrogen and oxygen atoms in total. The normalized spacial score (nSPS) is 9.30. The molecular weight excluding hydrogens is 254 g/mol. The minimum atomic E-state index is -0.282. The van der Waals surface area contributed by atoms with Crippen LogP contribution in [0.1, 0.15) is 29.3 Å². The molecule has 0 heterocycles. The van der Waals surface area contributed by atoms with Crippen LogP contribution in [0.4, 0.5) is 0 Å². The average molecular weight is 273 g/mol. The molecule has 2 amide bonds. The van der Waals surface area contributed by atoms with Crippen LogP contribution in [-0.4, -0.2) is 31.4 Å². The van der Waals surface area contributed by atoms with Crippen molar-refractivity contribution < 1.29 is 9.59 Å². The lowest BCUT2D eigenvalue weighted by molar-refractivity contribution is -0.120. The summed E-state index contributed by atoms with van der Waals surface area (Å²) in [6.07, 6.45) is 0.866. The van der Waals surface area contributed by atoms with Gasteiger partial charge in [-0.05, 0) is 30.7 Å². The van der Waals surface area contributed by atoms with Crippen LogP contribution in [0.15, 0.2) is 24.3 Å². The van der Waals surface area contributed by atoms with Crippen LogP contribution in [0.3, 0.4) is 0 Å². The third kappa shape index (κ3) is 5.55. The van der Waals surface area contributed by atoms with Crippen LogP contribution in [0.2, 0.25) is 0 Å². The van der Waals surface area contributed by atoms with Gasteiger partial charge in [0.05, 0.1) is 13.1 Å². The van der Waals surface area contributed by atoms with Crippen molar-refractivity contribution in [2.75, 3.05) is 19.6 Å². The number of hydrogen-bond donors (Lipinski definition) is 3. The second-order valence-electron chi connectivity index (χ2n) is 4.12. The van der Waals surface area contributed by atoms with Gasteiger partial charge in [0.2, 0.25) is 5.91 Å². The fraction of sp³-hybridized carbons (Fsp3) is 0.333. The van der Waals surface area contributed by atoms with Gasteiger partial charge in [0, 0.05) is 17.7 Å². The predicted octanol–water partition coefficient (Wildman–Crippen LogP) is 0.253. The number of carbonyl (C=O) groups excluding carboxylic acids is 2. The van der Waals surface area contributed by atoms with E-state index in [0.717, 1.165) is 12.0 Å². The lowest BCUT2D eigenvalue weighted by Crippen LogP contribution is -2.37. The van der Waals surface area contributed by atoms with Crippen molar-refractivity contribution in [3.63, 3.8) is 0 Å². The smallest absolute Gasteiger partial charge is 0.251 e. The van der Waals surface area contributed by atoms with Crippen molar-refractivity contribution in [2.24, 2.45) is 5.73 Å². The van der Waals surface area contributed by atoms with Gasteiger partial charge in [-0.2, -0.15) is 0 Å². The molecule has 0 saturated carbocycles. The minimum absolute atomic E-state index is 0.0203. The molecular formula is C15H19N3O2. The average Bonchev–Trinajstić information content (AvgIpc) is 2.49. The highest BCUT2D eigenvalue weighted by Crippen LogP contribution is 2.03. The highest BCUT2D eigenvalue weighted by atomic mass is 16.2. The topological polar surface area (TPSA) is 84.2 Å². The summed E-state index contributed by atoms with van der Waals surface area (Å²) in [5.74, 6) is 5.14. The molecule has 5 heteroatoms. The van der Waals surface area contributed by atoms with Crippen LogP contribution in [0.5, 0.6) is 0 Å². The van der Waals surface area contributed by atoms with Gasteiger partial charge in [-0.1, -0.05) is 18.8 Å². The Bertz CT molecular complexity index is 512. The first-order chi connectivity index (χ1) is 9.67. The largest absolute Gasteiger partial charge is 0.355 e. The molecule has 0 aliphatic rings. The maximum Gasteiger partial charge on any atom is 0.251 e. The molecule has 0 saturated heterocycles. The van der Waals surface area contributed by atoms with E-state index in [2.05, 4.69) is 22.5 Å². The second kappa shape index (κ2) is 8.73. The van der Waals surface area contributed by atoms with Gasteiger partial charge in [0.15, 0.2) is 0 Å². The molecule has 0 unspecified atom stereocenters. The van der Waals surface area contributed by atoms with E-state index in [-0.39, 0.29) is 18.4 Å². The summed E-state index contributed by atoms with van der Waals surface area (Å²) >= 11 is 0. The zero-order valence-electron chi connectivity index (χ0n) is 11.5. The molecule has 106 valence electrons. The standard InChI is InChI=1S/C15H19N3O2/c1-2-10-17-14(19)11-18-15(20)13-7-5-12(6-8-13)4-3-9-16/h5-8H,2,9-11,16H2,1H3,(H,17,19)(H,18,20). The first-order valence-electron chi connectivity index (χ1n) is 6.51. The van der Waals surface area contributed by atoms with Crippen LogP contribution >= 0.6 is 0 Å². The molecule has 1 aromatic carbocycles. The molecule has 1 rings (SSSR count). The lowest BCUT2D eigenvalue weighted by atomic mass is 10.1. The van der Waals surface area contributed by atoms with Crippen LogP contribution < -0.4 is 16.4 Å². The highest BCUT2D eigenvalue weighted by molar-refractivity contribution is 5.96. The Hall–Kier alpha value is -2.32. The Labute approximate surface area is 118 Å². The van der Waals surface area contributed by atoms with Crippen LogP contribution in [-0.2, 0) is 4.79 Å². The van der Waals surface area contributed by atoms with Crippen molar-refractivity contribution in [1.29, 1.82) is 0 Å². The van der Waals surface area contributed by atoms with Gasteiger partial charge in [-0.3, -0.25) is 9.59 Å². The van der Waals surface area contributed by atoms with E-state index < -0.39 is 0 Å². The number of benzene rings is 1. The Balaban J connectivity index is 2.49. The molecule has 0 aliphatic heterocycles. The van der Waals surface area contributed by atoms with E-state index in [0.29, 0.717) is 18.7 Å². The minimum Gasteiger partial charge on any atom is -0.355 e. The summed E-state index contributed by atoms with van der Waals surface area (Å²) in [5.41, 5.74) is 6.57. The van der Waals surface area contributed by atoms with E-state index in [1.807, 2.05) is 6.92 Å². The Kier molecular flexibility index (Phi) is 6.87. The number of nitrogens with one attached hydrogen (secondary N) is 2. The molecule has 0 atom stereocenters. The molecule has 1 aromatic rings. The third-order valence-corrected chi connectivity index (χ3v) is 2.46. The van der Waals surface area contributed by atoms with Crippen molar-refractivity contribution in [1.82, 2.24) is 10.6 Å². The fourth-order valence-electron chi connectivity index (χ4n) is 1.45. The van der Waals surface area contributed by atoms with Crippen molar-refractivity contribution in [3.8, 4) is 11.8 Å². The van der Waals surface area contributed by atoms with E-state index in [4.69, 9.17) is 5.73 Å². The molecule has 0 aromatic heterocycles. The number of rotatable bonds is 5. The van der Waals surface area contributed by atoms with Crippen molar-refractivity contribution in [2.45, 2.75) is 13.3 Å². The SMILES string of the molecule is CCCNC(=O)CNC(=O)c1ccc(C#CCN)cc1. The molecule has 0 fully saturated rings. The number of hydrogen-bond acceptors (Lipinski definition) is 3. The molecule has 4 N–H and O–H groups in total. The maximum absolute atomic E-state index is 11.8. The van der Waals surface area contributed by atoms with Gasteiger partial charge < -0.3 is 16.4 Å². The van der Waals surface area contributed by atoms with Crippen LogP contribution in [0, 0.1) is 11.8 Å². The molecule has 20 heavy (non-hydrogen) atoms. The second-order valence-corrected chi connectivity index (χ2v) is 4.12. The molecule has 0 spiro atoms. The van der Waals surface area contributed by atoms with Crippen molar-refractivity contribution in [3.05, 3.63) is 35.4 Å². The molecule has 0 aliphatic carbocycles. The van der Waals surface area contributed by atoms with E-state index in [1.54, 1.807) is 24.3 Å². The van der Waals surface area contributed by atoms with Gasteiger partial charge in [-0.25, -0.2) is 0 Å². The predicted molar refractivity (Wildman–Crippen MR) is 78.0 cm³/mol. The number of nitrogens with two attached hydrogens (primary N) is 1. The van der Waals surface area contributed by atoms with E-state index >= 15 is 0 Å². The van der Waals surface area contributed by atoms with Gasteiger partial charge in [0.1, 0.15) is 0 Å². The first kappa shape index (κ1) is 15.7. The van der Waals surface area contributed by atoms with Gasteiger partial charge >= 0.3 is 0 Å². The Morgan fingerprint density at radius 1 is 1.20 bits per heavy atom. The monoisotopic (exact) mass is 273 g/mol. The van der Waals surface area contributed by atoms with Crippen LogP contribution in [0.25, 0.3) is 0 Å². The third-order valence-electron chi connectivity index (χ3n) is 2.46. The first-order valence-corrected chi connectivity index (χ1v) is 6.51. The maximum atomic E-state index is 11.8. The van der Waals surface area contributed by atoms with Crippen molar-refractivity contribution >= 4 is 11.8 Å². The number of amides is 2. The summed E-state index contributed by atoms with van der Waals surface area (Å²) in [7, 11) is 0. The molecule has 0 radical (unpaired) electrons. The molecule has 0 bridgehead atoms. The van der Waals surface area contributed by atoms with E-state index in [1.165, 1.54) is 0 Å². The van der Waals surface area contributed by atoms with E-state index in [9.17, 15) is 9.59 Å². The Morgan fingerprint density at radius 2 is 1.90 bits per heavy atom.